The van der Waals surface area contributed by atoms with Gasteiger partial charge in [-0.1, -0.05) is 23.7 Å². The minimum Gasteiger partial charge on any atom is -0.488 e. The number of fused-ring (bicyclic) bond motifs is 1. The Labute approximate surface area is 221 Å². The summed E-state index contributed by atoms with van der Waals surface area (Å²) in [5.74, 6) is 1.22. The fraction of sp³-hybridized carbons (Fsp3) is 0.276. The minimum atomic E-state index is -0.0997. The lowest BCUT2D eigenvalue weighted by molar-refractivity contribution is -0.115. The molecule has 190 valence electrons. The van der Waals surface area contributed by atoms with Crippen LogP contribution in [0.25, 0.3) is 17.2 Å². The van der Waals surface area contributed by atoms with E-state index in [1.165, 1.54) is 0 Å². The number of hydrogen-bond donors (Lipinski definition) is 2. The Morgan fingerprint density at radius 3 is 2.62 bits per heavy atom. The lowest BCUT2D eigenvalue weighted by Crippen LogP contribution is -2.46. The van der Waals surface area contributed by atoms with Crippen LogP contribution in [-0.2, 0) is 11.2 Å². The number of benzene rings is 2. The van der Waals surface area contributed by atoms with Crippen molar-refractivity contribution in [2.24, 2.45) is 0 Å². The zero-order valence-corrected chi connectivity index (χ0v) is 21.2. The molecule has 1 fully saturated rings. The number of carbonyl (C=O) groups is 2. The summed E-state index contributed by atoms with van der Waals surface area (Å²) in [5.41, 5.74) is 10.1. The molecule has 1 aromatic heterocycles. The van der Waals surface area contributed by atoms with Gasteiger partial charge < -0.3 is 20.7 Å². The highest BCUT2D eigenvalue weighted by atomic mass is 35.5. The van der Waals surface area contributed by atoms with Crippen LogP contribution >= 0.6 is 11.6 Å². The number of carbonyl (C=O) groups excluding carboxylic acids is 2. The van der Waals surface area contributed by atoms with Crippen molar-refractivity contribution in [2.45, 2.75) is 25.4 Å². The van der Waals surface area contributed by atoms with E-state index in [0.29, 0.717) is 41.4 Å². The van der Waals surface area contributed by atoms with E-state index in [-0.39, 0.29) is 17.8 Å². The third kappa shape index (κ3) is 6.01. The Hall–Kier alpha value is -3.68. The van der Waals surface area contributed by atoms with Gasteiger partial charge in [0, 0.05) is 50.8 Å². The fourth-order valence-electron chi connectivity index (χ4n) is 4.66. The van der Waals surface area contributed by atoms with Crippen molar-refractivity contribution in [2.75, 3.05) is 31.9 Å². The van der Waals surface area contributed by atoms with E-state index in [0.717, 1.165) is 48.4 Å². The van der Waals surface area contributed by atoms with Gasteiger partial charge in [-0.3, -0.25) is 9.59 Å². The van der Waals surface area contributed by atoms with Crippen LogP contribution in [0.5, 0.6) is 5.75 Å². The zero-order chi connectivity index (χ0) is 25.8. The molecule has 1 amide bonds. The van der Waals surface area contributed by atoms with E-state index in [1.807, 2.05) is 41.3 Å². The maximum atomic E-state index is 12.8. The molecule has 3 heterocycles. The number of halogens is 1. The molecule has 7 nitrogen and oxygen atoms in total. The number of amides is 1. The van der Waals surface area contributed by atoms with Gasteiger partial charge in [-0.25, -0.2) is 4.98 Å². The molecule has 3 N–H and O–H groups in total. The number of nitrogens with zero attached hydrogens (tertiary/aromatic N) is 2. The largest absolute Gasteiger partial charge is 0.488 e. The molecule has 8 heteroatoms. The monoisotopic (exact) mass is 516 g/mol. The number of nitrogens with one attached hydrogen (secondary N) is 1. The summed E-state index contributed by atoms with van der Waals surface area (Å²) < 4.78 is 6.09. The van der Waals surface area contributed by atoms with Gasteiger partial charge in [0.05, 0.1) is 5.02 Å². The first-order valence-corrected chi connectivity index (χ1v) is 12.9. The number of piperazine rings is 1. The number of ether oxygens (including phenoxy) is 1. The van der Waals surface area contributed by atoms with Gasteiger partial charge in [0.2, 0.25) is 0 Å². The van der Waals surface area contributed by atoms with Crippen molar-refractivity contribution >= 4 is 35.2 Å². The third-order valence-corrected chi connectivity index (χ3v) is 6.99. The molecule has 37 heavy (non-hydrogen) atoms. The van der Waals surface area contributed by atoms with E-state index in [9.17, 15) is 9.59 Å². The van der Waals surface area contributed by atoms with Crippen molar-refractivity contribution in [3.63, 3.8) is 0 Å². The van der Waals surface area contributed by atoms with E-state index in [4.69, 9.17) is 22.1 Å². The van der Waals surface area contributed by atoms with E-state index >= 15 is 0 Å². The van der Waals surface area contributed by atoms with E-state index < -0.39 is 0 Å². The Bertz CT molecular complexity index is 1320. The Morgan fingerprint density at radius 1 is 1.11 bits per heavy atom. The van der Waals surface area contributed by atoms with Gasteiger partial charge in [0.1, 0.15) is 17.7 Å². The summed E-state index contributed by atoms with van der Waals surface area (Å²) in [6.07, 6.45) is 6.52. The Morgan fingerprint density at radius 2 is 1.89 bits per heavy atom. The molecule has 1 saturated heterocycles. The average Bonchev–Trinajstić information content (AvgIpc) is 3.35. The average molecular weight is 517 g/mol. The Kier molecular flexibility index (Phi) is 7.53. The lowest BCUT2D eigenvalue weighted by atomic mass is 9.98. The molecule has 0 bridgehead atoms. The predicted octanol–water partition coefficient (Wildman–Crippen LogP) is 4.40. The Balaban J connectivity index is 1.19. The van der Waals surface area contributed by atoms with Crippen molar-refractivity contribution in [1.29, 1.82) is 0 Å². The van der Waals surface area contributed by atoms with Gasteiger partial charge >= 0.3 is 0 Å². The molecule has 0 aliphatic carbocycles. The molecule has 1 unspecified atom stereocenters. The number of rotatable bonds is 7. The van der Waals surface area contributed by atoms with Crippen LogP contribution in [0, 0.1) is 0 Å². The molecule has 3 aromatic rings. The van der Waals surface area contributed by atoms with Crippen LogP contribution in [0.2, 0.25) is 5.02 Å². The smallest absolute Gasteiger partial charge is 0.253 e. The molecule has 0 radical (unpaired) electrons. The van der Waals surface area contributed by atoms with Crippen LogP contribution in [-0.4, -0.2) is 53.9 Å². The summed E-state index contributed by atoms with van der Waals surface area (Å²) in [5, 5.41) is 3.82. The number of hydrogen-bond acceptors (Lipinski definition) is 6. The second-order valence-corrected chi connectivity index (χ2v) is 9.77. The standard InChI is InChI=1S/C29H29ClN4O3/c30-26-17-22(20-3-5-21(6-4-20)29(36)34-13-11-32-12-14-34)15-23-16-25(37-28(23)26)9-8-24(35)7-1-19-2-10-27(31)33-18-19/h1-7,10,15,17-18,25,32H,8-9,11-14,16H2,(H2,31,33)/b7-1+. The number of anilines is 1. The quantitative estimate of drug-likeness (QED) is 0.452. The topological polar surface area (TPSA) is 97.6 Å². The number of nitrogen functional groups attached to an aromatic ring is 1. The van der Waals surface area contributed by atoms with Gasteiger partial charge in [0.25, 0.3) is 5.91 Å². The highest BCUT2D eigenvalue weighted by molar-refractivity contribution is 6.32. The number of ketones is 1. The molecule has 2 aromatic carbocycles. The number of pyridine rings is 1. The summed E-state index contributed by atoms with van der Waals surface area (Å²) in [6.45, 7) is 3.10. The summed E-state index contributed by atoms with van der Waals surface area (Å²) in [7, 11) is 0. The number of allylic oxidation sites excluding steroid dienone is 1. The van der Waals surface area contributed by atoms with Gasteiger partial charge in [-0.15, -0.1) is 0 Å². The van der Waals surface area contributed by atoms with E-state index in [1.54, 1.807) is 24.4 Å². The van der Waals surface area contributed by atoms with Crippen molar-refractivity contribution in [3.05, 3.63) is 82.5 Å². The van der Waals surface area contributed by atoms with Crippen LogP contribution < -0.4 is 15.8 Å². The molecule has 2 aliphatic heterocycles. The SMILES string of the molecule is Nc1ccc(/C=C/C(=O)CCC2Cc3cc(-c4ccc(C(=O)N5CCNCC5)cc4)cc(Cl)c3O2)cn1. The summed E-state index contributed by atoms with van der Waals surface area (Å²) >= 11 is 6.58. The van der Waals surface area contributed by atoms with Crippen molar-refractivity contribution in [1.82, 2.24) is 15.2 Å². The summed E-state index contributed by atoms with van der Waals surface area (Å²) in [4.78, 5) is 31.0. The first-order valence-electron chi connectivity index (χ1n) is 12.5. The van der Waals surface area contributed by atoms with Crippen LogP contribution in [0.3, 0.4) is 0 Å². The normalized spacial score (nSPS) is 17.0. The van der Waals surface area contributed by atoms with Crippen LogP contribution in [0.1, 0.15) is 34.3 Å². The lowest BCUT2D eigenvalue weighted by Gasteiger charge is -2.27. The molecule has 5 rings (SSSR count). The maximum absolute atomic E-state index is 12.8. The molecule has 0 spiro atoms. The molecular formula is C29H29ClN4O3. The molecular weight excluding hydrogens is 488 g/mol. The van der Waals surface area contributed by atoms with Crippen molar-refractivity contribution in [3.8, 4) is 16.9 Å². The fourth-order valence-corrected chi connectivity index (χ4v) is 4.95. The molecule has 1 atom stereocenters. The number of nitrogens with two attached hydrogens (primary N) is 1. The first kappa shape index (κ1) is 25.0. The van der Waals surface area contributed by atoms with Crippen molar-refractivity contribution < 1.29 is 14.3 Å². The minimum absolute atomic E-state index is 0.0265. The summed E-state index contributed by atoms with van der Waals surface area (Å²) in [6, 6.07) is 15.2. The van der Waals surface area contributed by atoms with Crippen LogP contribution in [0.15, 0.2) is 60.8 Å². The molecule has 2 aliphatic rings. The third-order valence-electron chi connectivity index (χ3n) is 6.71. The second kappa shape index (κ2) is 11.2. The van der Waals surface area contributed by atoms with E-state index in [2.05, 4.69) is 16.4 Å². The second-order valence-electron chi connectivity index (χ2n) is 9.36. The zero-order valence-electron chi connectivity index (χ0n) is 20.5. The highest BCUT2D eigenvalue weighted by Gasteiger charge is 2.26. The maximum Gasteiger partial charge on any atom is 0.253 e. The van der Waals surface area contributed by atoms with Gasteiger partial charge in [-0.2, -0.15) is 0 Å². The highest BCUT2D eigenvalue weighted by Crippen LogP contribution is 2.40. The van der Waals surface area contributed by atoms with Gasteiger partial charge in [-0.05, 0) is 77.2 Å². The molecule has 0 saturated carbocycles. The predicted molar refractivity (Wildman–Crippen MR) is 146 cm³/mol. The number of aromatic nitrogens is 1. The van der Waals surface area contributed by atoms with Gasteiger partial charge in [0.15, 0.2) is 5.78 Å². The first-order chi connectivity index (χ1) is 18.0. The van der Waals surface area contributed by atoms with Crippen LogP contribution in [0.4, 0.5) is 5.82 Å².